The van der Waals surface area contributed by atoms with Gasteiger partial charge < -0.3 is 11.1 Å². The van der Waals surface area contributed by atoms with Crippen LogP contribution in [0.2, 0.25) is 0 Å². The van der Waals surface area contributed by atoms with Crippen molar-refractivity contribution in [2.24, 2.45) is 0 Å². The smallest absolute Gasteiger partial charge is 0.0340 e. The Hall–Kier alpha value is -1.96. The van der Waals surface area contributed by atoms with E-state index in [1.807, 2.05) is 36.4 Å². The molecule has 0 unspecified atom stereocenters. The first kappa shape index (κ1) is 10.6. The Morgan fingerprint density at radius 2 is 1.75 bits per heavy atom. The summed E-state index contributed by atoms with van der Waals surface area (Å²) in [4.78, 5) is 0. The van der Waals surface area contributed by atoms with Gasteiger partial charge in [-0.1, -0.05) is 30.3 Å². The minimum absolute atomic E-state index is 0.831. The Kier molecular flexibility index (Phi) is 3.44. The highest BCUT2D eigenvalue weighted by atomic mass is 14.9. The summed E-state index contributed by atoms with van der Waals surface area (Å²) < 4.78 is 0. The summed E-state index contributed by atoms with van der Waals surface area (Å²) in [5, 5.41) is 3.37. The highest BCUT2D eigenvalue weighted by Crippen LogP contribution is 2.08. The third kappa shape index (κ3) is 3.02. The van der Waals surface area contributed by atoms with Crippen LogP contribution in [0.4, 0.5) is 11.4 Å². The van der Waals surface area contributed by atoms with Gasteiger partial charge in [-0.25, -0.2) is 0 Å². The first-order chi connectivity index (χ1) is 7.84. The fourth-order valence-corrected chi connectivity index (χ4v) is 1.66. The largest absolute Gasteiger partial charge is 0.399 e. The Labute approximate surface area is 96.1 Å². The van der Waals surface area contributed by atoms with Gasteiger partial charge in [0.05, 0.1) is 0 Å². The summed E-state index contributed by atoms with van der Waals surface area (Å²) in [5.41, 5.74) is 8.98. The van der Waals surface area contributed by atoms with Crippen molar-refractivity contribution in [3.63, 3.8) is 0 Å². The molecule has 2 aromatic carbocycles. The van der Waals surface area contributed by atoms with Crippen molar-refractivity contribution in [1.29, 1.82) is 0 Å². The molecule has 2 aromatic rings. The van der Waals surface area contributed by atoms with Crippen LogP contribution >= 0.6 is 0 Å². The Bertz CT molecular complexity index is 437. The van der Waals surface area contributed by atoms with Crippen molar-refractivity contribution in [2.45, 2.75) is 6.42 Å². The van der Waals surface area contributed by atoms with Gasteiger partial charge in [-0.05, 0) is 36.2 Å². The molecule has 0 saturated heterocycles. The standard InChI is InChI=1S/C14H16N2/c15-13-6-4-5-12(11-13)9-10-16-14-7-2-1-3-8-14/h1-8,11,16H,9-10,15H2. The van der Waals surface area contributed by atoms with Crippen LogP contribution in [0.1, 0.15) is 5.56 Å². The van der Waals surface area contributed by atoms with E-state index in [0.717, 1.165) is 24.3 Å². The zero-order valence-electron chi connectivity index (χ0n) is 9.19. The van der Waals surface area contributed by atoms with E-state index in [1.54, 1.807) is 0 Å². The third-order valence-electron chi connectivity index (χ3n) is 2.47. The fourth-order valence-electron chi connectivity index (χ4n) is 1.66. The molecule has 2 nitrogen and oxygen atoms in total. The van der Waals surface area contributed by atoms with E-state index >= 15 is 0 Å². The van der Waals surface area contributed by atoms with E-state index in [9.17, 15) is 0 Å². The second-order valence-corrected chi connectivity index (χ2v) is 3.79. The zero-order chi connectivity index (χ0) is 11.2. The molecule has 0 aliphatic rings. The lowest BCUT2D eigenvalue weighted by atomic mass is 10.1. The van der Waals surface area contributed by atoms with Gasteiger partial charge in [0.25, 0.3) is 0 Å². The summed E-state index contributed by atoms with van der Waals surface area (Å²) in [6.07, 6.45) is 0.986. The maximum absolute atomic E-state index is 5.72. The molecule has 0 bridgehead atoms. The molecule has 0 aromatic heterocycles. The molecule has 3 N–H and O–H groups in total. The van der Waals surface area contributed by atoms with Crippen LogP contribution in [0.3, 0.4) is 0 Å². The molecule has 0 aliphatic heterocycles. The number of hydrogen-bond acceptors (Lipinski definition) is 2. The van der Waals surface area contributed by atoms with Crippen molar-refractivity contribution in [1.82, 2.24) is 0 Å². The monoisotopic (exact) mass is 212 g/mol. The van der Waals surface area contributed by atoms with E-state index in [0.29, 0.717) is 0 Å². The predicted molar refractivity (Wildman–Crippen MR) is 69.5 cm³/mol. The molecule has 16 heavy (non-hydrogen) atoms. The molecular weight excluding hydrogens is 196 g/mol. The normalized spacial score (nSPS) is 10.0. The number of nitrogens with one attached hydrogen (secondary N) is 1. The molecule has 0 fully saturated rings. The summed E-state index contributed by atoms with van der Waals surface area (Å²) in [7, 11) is 0. The van der Waals surface area contributed by atoms with Crippen LogP contribution in [0.25, 0.3) is 0 Å². The van der Waals surface area contributed by atoms with E-state index in [1.165, 1.54) is 5.56 Å². The quantitative estimate of drug-likeness (QED) is 0.765. The average Bonchev–Trinajstić information content (AvgIpc) is 2.30. The van der Waals surface area contributed by atoms with Gasteiger partial charge in [0.15, 0.2) is 0 Å². The molecule has 0 amide bonds. The van der Waals surface area contributed by atoms with Gasteiger partial charge in [0.1, 0.15) is 0 Å². The minimum atomic E-state index is 0.831. The van der Waals surface area contributed by atoms with E-state index < -0.39 is 0 Å². The molecule has 0 heterocycles. The summed E-state index contributed by atoms with van der Waals surface area (Å²) in [5.74, 6) is 0. The number of rotatable bonds is 4. The number of hydrogen-bond donors (Lipinski definition) is 2. The van der Waals surface area contributed by atoms with Crippen LogP contribution in [-0.4, -0.2) is 6.54 Å². The lowest BCUT2D eigenvalue weighted by Crippen LogP contribution is -2.04. The first-order valence-corrected chi connectivity index (χ1v) is 5.48. The summed E-state index contributed by atoms with van der Waals surface area (Å²) in [6.45, 7) is 0.924. The Morgan fingerprint density at radius 1 is 0.938 bits per heavy atom. The van der Waals surface area contributed by atoms with Crippen molar-refractivity contribution < 1.29 is 0 Å². The van der Waals surface area contributed by atoms with Crippen LogP contribution < -0.4 is 11.1 Å². The lowest BCUT2D eigenvalue weighted by molar-refractivity contribution is 1.02. The SMILES string of the molecule is Nc1cccc(CCNc2ccccc2)c1. The number of nitrogens with two attached hydrogens (primary N) is 1. The van der Waals surface area contributed by atoms with Crippen molar-refractivity contribution in [2.75, 3.05) is 17.6 Å². The molecule has 0 aliphatic carbocycles. The molecule has 0 spiro atoms. The van der Waals surface area contributed by atoms with E-state index in [4.69, 9.17) is 5.73 Å². The number of benzene rings is 2. The van der Waals surface area contributed by atoms with Gasteiger partial charge in [-0.15, -0.1) is 0 Å². The Balaban J connectivity index is 1.85. The predicted octanol–water partition coefficient (Wildman–Crippen LogP) is 2.92. The van der Waals surface area contributed by atoms with Gasteiger partial charge in [0.2, 0.25) is 0 Å². The van der Waals surface area contributed by atoms with Crippen LogP contribution in [0.15, 0.2) is 54.6 Å². The Morgan fingerprint density at radius 3 is 2.50 bits per heavy atom. The number of para-hydroxylation sites is 1. The fraction of sp³-hybridized carbons (Fsp3) is 0.143. The van der Waals surface area contributed by atoms with Gasteiger partial charge >= 0.3 is 0 Å². The van der Waals surface area contributed by atoms with Crippen LogP contribution in [0, 0.1) is 0 Å². The first-order valence-electron chi connectivity index (χ1n) is 5.48. The molecule has 2 heteroatoms. The highest BCUT2D eigenvalue weighted by molar-refractivity contribution is 5.43. The molecule has 2 rings (SSSR count). The minimum Gasteiger partial charge on any atom is -0.399 e. The average molecular weight is 212 g/mol. The number of anilines is 2. The second-order valence-electron chi connectivity index (χ2n) is 3.79. The maximum Gasteiger partial charge on any atom is 0.0340 e. The number of nitrogen functional groups attached to an aromatic ring is 1. The highest BCUT2D eigenvalue weighted by Gasteiger charge is 1.94. The summed E-state index contributed by atoms with van der Waals surface area (Å²) in [6, 6.07) is 18.2. The zero-order valence-corrected chi connectivity index (χ0v) is 9.19. The molecule has 0 atom stereocenters. The van der Waals surface area contributed by atoms with E-state index in [-0.39, 0.29) is 0 Å². The molecular formula is C14H16N2. The van der Waals surface area contributed by atoms with Crippen LogP contribution in [0.5, 0.6) is 0 Å². The second kappa shape index (κ2) is 5.21. The summed E-state index contributed by atoms with van der Waals surface area (Å²) >= 11 is 0. The van der Waals surface area contributed by atoms with Gasteiger partial charge in [-0.3, -0.25) is 0 Å². The van der Waals surface area contributed by atoms with Crippen molar-refractivity contribution in [3.8, 4) is 0 Å². The van der Waals surface area contributed by atoms with Crippen LogP contribution in [-0.2, 0) is 6.42 Å². The van der Waals surface area contributed by atoms with Crippen molar-refractivity contribution >= 4 is 11.4 Å². The van der Waals surface area contributed by atoms with Gasteiger partial charge in [0, 0.05) is 17.9 Å². The van der Waals surface area contributed by atoms with Gasteiger partial charge in [-0.2, -0.15) is 0 Å². The lowest BCUT2D eigenvalue weighted by Gasteiger charge is -2.06. The van der Waals surface area contributed by atoms with Crippen molar-refractivity contribution in [3.05, 3.63) is 60.2 Å². The molecule has 82 valence electrons. The maximum atomic E-state index is 5.72. The third-order valence-corrected chi connectivity index (χ3v) is 2.47. The molecule has 0 radical (unpaired) electrons. The van der Waals surface area contributed by atoms with E-state index in [2.05, 4.69) is 23.5 Å². The molecule has 0 saturated carbocycles. The topological polar surface area (TPSA) is 38.0 Å².